The monoisotopic (exact) mass is 340 g/mol. The van der Waals surface area contributed by atoms with Crippen LogP contribution in [0.2, 0.25) is 0 Å². The van der Waals surface area contributed by atoms with Crippen molar-refractivity contribution < 1.29 is 9.18 Å². The molecule has 3 aromatic rings. The molecule has 0 radical (unpaired) electrons. The highest BCUT2D eigenvalue weighted by molar-refractivity contribution is 5.94. The van der Waals surface area contributed by atoms with Gasteiger partial charge in [0.1, 0.15) is 16.9 Å². The highest BCUT2D eigenvalue weighted by Crippen LogP contribution is 2.22. The van der Waals surface area contributed by atoms with Crippen molar-refractivity contribution in [3.8, 4) is 5.69 Å². The molecule has 5 nitrogen and oxygen atoms in total. The zero-order valence-corrected chi connectivity index (χ0v) is 14.4. The molecule has 0 spiro atoms. The van der Waals surface area contributed by atoms with Crippen LogP contribution in [-0.4, -0.2) is 20.9 Å². The Morgan fingerprint density at radius 2 is 1.80 bits per heavy atom. The molecule has 0 saturated heterocycles. The molecular formula is C19H21FN4O. The fraction of sp³-hybridized carbons (Fsp3) is 0.316. The van der Waals surface area contributed by atoms with Crippen molar-refractivity contribution in [1.29, 1.82) is 0 Å². The van der Waals surface area contributed by atoms with Crippen molar-refractivity contribution in [1.82, 2.24) is 15.0 Å². The summed E-state index contributed by atoms with van der Waals surface area (Å²) in [6.07, 6.45) is 3.56. The van der Waals surface area contributed by atoms with Gasteiger partial charge in [-0.2, -0.15) is 4.80 Å². The maximum atomic E-state index is 13.1. The second-order valence-electron chi connectivity index (χ2n) is 6.13. The number of halogens is 1. The first-order chi connectivity index (χ1) is 12.1. The van der Waals surface area contributed by atoms with Crippen LogP contribution in [0.3, 0.4) is 0 Å². The average Bonchev–Trinajstić information content (AvgIpc) is 2.98. The van der Waals surface area contributed by atoms with Gasteiger partial charge < -0.3 is 5.32 Å². The van der Waals surface area contributed by atoms with E-state index in [4.69, 9.17) is 0 Å². The minimum Gasteiger partial charge on any atom is -0.326 e. The summed E-state index contributed by atoms with van der Waals surface area (Å²) in [7, 11) is 0. The van der Waals surface area contributed by atoms with Gasteiger partial charge in [0.15, 0.2) is 0 Å². The lowest BCUT2D eigenvalue weighted by Gasteiger charge is -2.07. The molecule has 25 heavy (non-hydrogen) atoms. The molecule has 1 aromatic heterocycles. The van der Waals surface area contributed by atoms with Gasteiger partial charge in [-0.25, -0.2) is 4.39 Å². The molecule has 0 saturated carbocycles. The Balaban J connectivity index is 1.83. The fourth-order valence-corrected chi connectivity index (χ4v) is 2.64. The summed E-state index contributed by atoms with van der Waals surface area (Å²) in [5.41, 5.74) is 3.77. The van der Waals surface area contributed by atoms with Crippen molar-refractivity contribution in [3.05, 3.63) is 47.8 Å². The Morgan fingerprint density at radius 3 is 2.48 bits per heavy atom. The van der Waals surface area contributed by atoms with E-state index in [1.54, 1.807) is 12.1 Å². The van der Waals surface area contributed by atoms with Crippen molar-refractivity contribution in [2.75, 3.05) is 5.32 Å². The first-order valence-electron chi connectivity index (χ1n) is 8.50. The molecule has 0 aliphatic heterocycles. The normalized spacial score (nSPS) is 11.0. The minimum atomic E-state index is -0.302. The predicted octanol–water partition coefficient (Wildman–Crippen LogP) is 4.39. The lowest BCUT2D eigenvalue weighted by molar-refractivity contribution is -0.116. The summed E-state index contributed by atoms with van der Waals surface area (Å²) < 4.78 is 13.1. The summed E-state index contributed by atoms with van der Waals surface area (Å²) in [5.74, 6) is -0.286. The number of unbranched alkanes of at least 4 members (excludes halogenated alkanes) is 2. The number of anilines is 1. The van der Waals surface area contributed by atoms with E-state index in [9.17, 15) is 9.18 Å². The van der Waals surface area contributed by atoms with Crippen LogP contribution in [0.25, 0.3) is 16.7 Å². The maximum Gasteiger partial charge on any atom is 0.224 e. The predicted molar refractivity (Wildman–Crippen MR) is 96.3 cm³/mol. The molecule has 1 amide bonds. The number of benzene rings is 2. The van der Waals surface area contributed by atoms with Gasteiger partial charge in [0.2, 0.25) is 5.91 Å². The van der Waals surface area contributed by atoms with E-state index in [1.807, 2.05) is 19.1 Å². The number of hydrogen-bond acceptors (Lipinski definition) is 3. The number of rotatable bonds is 6. The largest absolute Gasteiger partial charge is 0.326 e. The molecule has 2 aromatic carbocycles. The summed E-state index contributed by atoms with van der Waals surface area (Å²) in [5, 5.41) is 11.8. The van der Waals surface area contributed by atoms with Crippen LogP contribution in [-0.2, 0) is 4.79 Å². The second kappa shape index (κ2) is 7.42. The third-order valence-electron chi connectivity index (χ3n) is 4.07. The third-order valence-corrected chi connectivity index (χ3v) is 4.07. The van der Waals surface area contributed by atoms with Gasteiger partial charge in [-0.15, -0.1) is 10.2 Å². The number of fused-ring (bicyclic) bond motifs is 1. The van der Waals surface area contributed by atoms with E-state index in [0.717, 1.165) is 36.0 Å². The molecule has 0 fully saturated rings. The molecule has 0 bridgehead atoms. The molecule has 6 heteroatoms. The number of carbonyl (C=O) groups excluding carboxylic acids is 1. The topological polar surface area (TPSA) is 59.8 Å². The van der Waals surface area contributed by atoms with Crippen molar-refractivity contribution >= 4 is 22.6 Å². The van der Waals surface area contributed by atoms with Crippen LogP contribution in [0, 0.1) is 12.7 Å². The van der Waals surface area contributed by atoms with Crippen molar-refractivity contribution in [3.63, 3.8) is 0 Å². The van der Waals surface area contributed by atoms with Gasteiger partial charge in [0, 0.05) is 12.1 Å². The van der Waals surface area contributed by atoms with Crippen molar-refractivity contribution in [2.45, 2.75) is 39.5 Å². The highest BCUT2D eigenvalue weighted by atomic mass is 19.1. The summed E-state index contributed by atoms with van der Waals surface area (Å²) in [4.78, 5) is 13.5. The molecule has 0 aliphatic rings. The smallest absolute Gasteiger partial charge is 0.224 e. The van der Waals surface area contributed by atoms with Crippen LogP contribution >= 0.6 is 0 Å². The van der Waals surface area contributed by atoms with Gasteiger partial charge in [-0.1, -0.05) is 19.8 Å². The number of nitrogens with zero attached hydrogens (tertiary/aromatic N) is 3. The van der Waals surface area contributed by atoms with Gasteiger partial charge >= 0.3 is 0 Å². The Morgan fingerprint density at radius 1 is 1.12 bits per heavy atom. The summed E-state index contributed by atoms with van der Waals surface area (Å²) >= 11 is 0. The number of carbonyl (C=O) groups is 1. The number of aryl methyl sites for hydroxylation is 1. The van der Waals surface area contributed by atoms with E-state index < -0.39 is 0 Å². The fourth-order valence-electron chi connectivity index (χ4n) is 2.64. The zero-order chi connectivity index (χ0) is 17.8. The van der Waals surface area contributed by atoms with Gasteiger partial charge in [-0.05, 0) is 55.3 Å². The molecule has 0 aliphatic carbocycles. The van der Waals surface area contributed by atoms with E-state index >= 15 is 0 Å². The highest BCUT2D eigenvalue weighted by Gasteiger charge is 2.10. The minimum absolute atomic E-state index is 0.0156. The first-order valence-corrected chi connectivity index (χ1v) is 8.50. The molecule has 0 unspecified atom stereocenters. The molecule has 130 valence electrons. The second-order valence-corrected chi connectivity index (χ2v) is 6.13. The maximum absolute atomic E-state index is 13.1. The Kier molecular flexibility index (Phi) is 5.07. The molecule has 3 rings (SSSR count). The molecule has 1 heterocycles. The third kappa shape index (κ3) is 4.02. The number of hydrogen-bond donors (Lipinski definition) is 1. The summed E-state index contributed by atoms with van der Waals surface area (Å²) in [6.45, 7) is 4.04. The van der Waals surface area contributed by atoms with E-state index in [2.05, 4.69) is 22.4 Å². The molecular weight excluding hydrogens is 319 g/mol. The van der Waals surface area contributed by atoms with E-state index in [0.29, 0.717) is 17.6 Å². The van der Waals surface area contributed by atoms with Crippen LogP contribution < -0.4 is 5.32 Å². The van der Waals surface area contributed by atoms with Gasteiger partial charge in [0.25, 0.3) is 0 Å². The Labute approximate surface area is 145 Å². The average molecular weight is 340 g/mol. The van der Waals surface area contributed by atoms with Crippen molar-refractivity contribution in [2.24, 2.45) is 0 Å². The number of aromatic nitrogens is 3. The summed E-state index contributed by atoms with van der Waals surface area (Å²) in [6, 6.07) is 9.71. The standard InChI is InChI=1S/C19H21FN4O/c1-3-4-5-6-19(25)21-16-12-18-17(11-13(16)2)22-24(23-18)15-9-7-14(20)8-10-15/h7-12H,3-6H2,1-2H3,(H,21,25). The van der Waals surface area contributed by atoms with Crippen LogP contribution in [0.5, 0.6) is 0 Å². The van der Waals surface area contributed by atoms with Crippen LogP contribution in [0.15, 0.2) is 36.4 Å². The van der Waals surface area contributed by atoms with Gasteiger partial charge in [-0.3, -0.25) is 4.79 Å². The molecule has 0 atom stereocenters. The first kappa shape index (κ1) is 17.1. The van der Waals surface area contributed by atoms with E-state index in [1.165, 1.54) is 16.9 Å². The van der Waals surface area contributed by atoms with E-state index in [-0.39, 0.29) is 11.7 Å². The number of nitrogens with one attached hydrogen (secondary N) is 1. The quantitative estimate of drug-likeness (QED) is 0.677. The zero-order valence-electron chi connectivity index (χ0n) is 14.4. The van der Waals surface area contributed by atoms with Gasteiger partial charge in [0.05, 0.1) is 5.69 Å². The SMILES string of the molecule is CCCCCC(=O)Nc1cc2nn(-c3ccc(F)cc3)nc2cc1C. The number of amides is 1. The van der Waals surface area contributed by atoms with Crippen LogP contribution in [0.1, 0.15) is 38.2 Å². The lowest BCUT2D eigenvalue weighted by atomic mass is 10.1. The van der Waals surface area contributed by atoms with Crippen LogP contribution in [0.4, 0.5) is 10.1 Å². The molecule has 1 N–H and O–H groups in total. The lowest BCUT2D eigenvalue weighted by Crippen LogP contribution is -2.12. The Hall–Kier alpha value is -2.76. The Bertz CT molecular complexity index is 886.